The topological polar surface area (TPSA) is 46.9 Å². The first-order valence-corrected chi connectivity index (χ1v) is 9.54. The average molecular weight is 404 g/mol. The van der Waals surface area contributed by atoms with Crippen LogP contribution in [-0.4, -0.2) is 21.4 Å². The fourth-order valence-electron chi connectivity index (χ4n) is 2.99. The van der Waals surface area contributed by atoms with Gasteiger partial charge in [-0.25, -0.2) is 4.68 Å². The van der Waals surface area contributed by atoms with E-state index < -0.39 is 11.7 Å². The Morgan fingerprint density at radius 2 is 2.04 bits per heavy atom. The molecule has 0 radical (unpaired) electrons. The minimum absolute atomic E-state index is 0.00518. The van der Waals surface area contributed by atoms with Crippen molar-refractivity contribution in [3.8, 4) is 0 Å². The van der Waals surface area contributed by atoms with Gasteiger partial charge in [-0.15, -0.1) is 11.8 Å². The molecule has 2 aromatic rings. The first-order valence-electron chi connectivity index (χ1n) is 8.17. The summed E-state index contributed by atoms with van der Waals surface area (Å²) in [5, 5.41) is 6.70. The molecule has 1 aliphatic carbocycles. The molecular formula is C17H17ClF3N3OS. The van der Waals surface area contributed by atoms with E-state index in [0.29, 0.717) is 16.8 Å². The second kappa shape index (κ2) is 7.92. The molecule has 1 aromatic heterocycles. The third kappa shape index (κ3) is 4.54. The van der Waals surface area contributed by atoms with Crippen LogP contribution >= 0.6 is 23.4 Å². The second-order valence-electron chi connectivity index (χ2n) is 6.08. The fourth-order valence-corrected chi connectivity index (χ4v) is 3.95. The van der Waals surface area contributed by atoms with E-state index in [-0.39, 0.29) is 16.7 Å². The Kier molecular flexibility index (Phi) is 5.82. The lowest BCUT2D eigenvalue weighted by atomic mass is 10.2. The number of amides is 1. The molecule has 1 aromatic carbocycles. The van der Waals surface area contributed by atoms with Gasteiger partial charge in [0.25, 0.3) is 0 Å². The van der Waals surface area contributed by atoms with Crippen LogP contribution in [0.2, 0.25) is 5.02 Å². The second-order valence-corrected chi connectivity index (χ2v) is 7.53. The van der Waals surface area contributed by atoms with Gasteiger partial charge in [0.05, 0.1) is 28.6 Å². The molecule has 0 aliphatic heterocycles. The summed E-state index contributed by atoms with van der Waals surface area (Å²) in [7, 11) is 0. The van der Waals surface area contributed by atoms with Gasteiger partial charge in [0, 0.05) is 11.0 Å². The van der Waals surface area contributed by atoms with E-state index in [1.165, 1.54) is 12.1 Å². The lowest BCUT2D eigenvalue weighted by Gasteiger charge is -2.14. The van der Waals surface area contributed by atoms with Crippen LogP contribution < -0.4 is 5.32 Å². The number of hydrogen-bond acceptors (Lipinski definition) is 3. The largest absolute Gasteiger partial charge is 0.417 e. The Labute approximate surface area is 158 Å². The van der Waals surface area contributed by atoms with E-state index in [9.17, 15) is 18.0 Å². The normalized spacial score (nSPS) is 15.4. The molecule has 4 nitrogen and oxygen atoms in total. The monoisotopic (exact) mass is 403 g/mol. The SMILES string of the molecule is O=C(CSc1ccc(Cl)c(C(F)(F)F)c1)Nc1ccnn1C1CCCC1. The molecular weight excluding hydrogens is 387 g/mol. The number of thioether (sulfide) groups is 1. The summed E-state index contributed by atoms with van der Waals surface area (Å²) in [6, 6.07) is 5.64. The van der Waals surface area contributed by atoms with Gasteiger partial charge in [0.2, 0.25) is 5.91 Å². The summed E-state index contributed by atoms with van der Waals surface area (Å²) in [4.78, 5) is 12.5. The maximum absolute atomic E-state index is 12.9. The van der Waals surface area contributed by atoms with Crippen LogP contribution in [0, 0.1) is 0 Å². The zero-order valence-corrected chi connectivity index (χ0v) is 15.3. The van der Waals surface area contributed by atoms with Crippen LogP contribution in [0.15, 0.2) is 35.4 Å². The third-order valence-corrected chi connectivity index (χ3v) is 5.54. The van der Waals surface area contributed by atoms with Gasteiger partial charge in [0.1, 0.15) is 5.82 Å². The van der Waals surface area contributed by atoms with Gasteiger partial charge in [-0.2, -0.15) is 18.3 Å². The number of anilines is 1. The first kappa shape index (κ1) is 19.1. The summed E-state index contributed by atoms with van der Waals surface area (Å²) >= 11 is 6.63. The van der Waals surface area contributed by atoms with Crippen molar-refractivity contribution in [1.29, 1.82) is 0 Å². The van der Waals surface area contributed by atoms with Crippen LogP contribution in [0.25, 0.3) is 0 Å². The summed E-state index contributed by atoms with van der Waals surface area (Å²) in [5.74, 6) is 0.322. The zero-order chi connectivity index (χ0) is 18.7. The summed E-state index contributed by atoms with van der Waals surface area (Å²) in [6.07, 6.45) is 1.46. The number of hydrogen-bond donors (Lipinski definition) is 1. The number of carbonyl (C=O) groups is 1. The Hall–Kier alpha value is -1.67. The molecule has 3 rings (SSSR count). The smallest absolute Gasteiger partial charge is 0.310 e. The number of halogens is 4. The van der Waals surface area contributed by atoms with Gasteiger partial charge >= 0.3 is 6.18 Å². The predicted octanol–water partition coefficient (Wildman–Crippen LogP) is 5.40. The van der Waals surface area contributed by atoms with Crippen LogP contribution in [0.1, 0.15) is 37.3 Å². The molecule has 1 aliphatic rings. The molecule has 1 fully saturated rings. The van der Waals surface area contributed by atoms with Gasteiger partial charge in [-0.3, -0.25) is 4.79 Å². The van der Waals surface area contributed by atoms with Gasteiger partial charge in [-0.05, 0) is 31.0 Å². The maximum atomic E-state index is 12.9. The van der Waals surface area contributed by atoms with Crippen molar-refractivity contribution in [1.82, 2.24) is 9.78 Å². The number of alkyl halides is 3. The molecule has 0 unspecified atom stereocenters. The molecule has 0 spiro atoms. The molecule has 1 heterocycles. The molecule has 1 amide bonds. The van der Waals surface area contributed by atoms with Crippen molar-refractivity contribution in [3.63, 3.8) is 0 Å². The molecule has 0 atom stereocenters. The number of rotatable bonds is 5. The summed E-state index contributed by atoms with van der Waals surface area (Å²) in [6.45, 7) is 0. The van der Waals surface area contributed by atoms with Gasteiger partial charge in [0.15, 0.2) is 0 Å². The van der Waals surface area contributed by atoms with E-state index in [2.05, 4.69) is 10.4 Å². The molecule has 0 bridgehead atoms. The van der Waals surface area contributed by atoms with Crippen LogP contribution in [0.3, 0.4) is 0 Å². The molecule has 140 valence electrons. The van der Waals surface area contributed by atoms with Crippen molar-refractivity contribution in [2.24, 2.45) is 0 Å². The lowest BCUT2D eigenvalue weighted by molar-refractivity contribution is -0.137. The van der Waals surface area contributed by atoms with E-state index in [0.717, 1.165) is 43.5 Å². The highest BCUT2D eigenvalue weighted by Gasteiger charge is 2.33. The molecule has 26 heavy (non-hydrogen) atoms. The van der Waals surface area contributed by atoms with E-state index in [1.807, 2.05) is 4.68 Å². The third-order valence-electron chi connectivity index (χ3n) is 4.22. The zero-order valence-electron chi connectivity index (χ0n) is 13.7. The van der Waals surface area contributed by atoms with Crippen molar-refractivity contribution in [3.05, 3.63) is 41.0 Å². The fraction of sp³-hybridized carbons (Fsp3) is 0.412. The molecule has 1 saturated carbocycles. The standard InChI is InChI=1S/C17H17ClF3N3OS/c18-14-6-5-12(9-13(14)17(19,20)21)26-10-16(25)23-15-7-8-22-24(15)11-3-1-2-4-11/h5-9,11H,1-4,10H2,(H,23,25). The Balaban J connectivity index is 1.61. The number of benzene rings is 1. The summed E-state index contributed by atoms with van der Waals surface area (Å²) in [5.41, 5.74) is -0.899. The molecule has 9 heteroatoms. The summed E-state index contributed by atoms with van der Waals surface area (Å²) < 4.78 is 40.5. The van der Waals surface area contributed by atoms with Gasteiger partial charge < -0.3 is 5.32 Å². The van der Waals surface area contributed by atoms with Gasteiger partial charge in [-0.1, -0.05) is 24.4 Å². The Morgan fingerprint density at radius 1 is 1.31 bits per heavy atom. The van der Waals surface area contributed by atoms with E-state index in [1.54, 1.807) is 12.3 Å². The molecule has 0 saturated heterocycles. The number of nitrogens with one attached hydrogen (secondary N) is 1. The minimum Gasteiger partial charge on any atom is -0.310 e. The highest BCUT2D eigenvalue weighted by atomic mass is 35.5. The Bertz CT molecular complexity index is 788. The Morgan fingerprint density at radius 3 is 2.73 bits per heavy atom. The quantitative estimate of drug-likeness (QED) is 0.680. The maximum Gasteiger partial charge on any atom is 0.417 e. The minimum atomic E-state index is -4.52. The van der Waals surface area contributed by atoms with Crippen molar-refractivity contribution < 1.29 is 18.0 Å². The lowest BCUT2D eigenvalue weighted by Crippen LogP contribution is -2.19. The predicted molar refractivity (Wildman–Crippen MR) is 95.5 cm³/mol. The first-order chi connectivity index (χ1) is 12.3. The molecule has 1 N–H and O–H groups in total. The van der Waals surface area contributed by atoms with Crippen molar-refractivity contribution in [2.75, 3.05) is 11.1 Å². The number of carbonyl (C=O) groups excluding carboxylic acids is 1. The average Bonchev–Trinajstić information content (AvgIpc) is 3.24. The van der Waals surface area contributed by atoms with Crippen molar-refractivity contribution in [2.45, 2.75) is 42.8 Å². The highest BCUT2D eigenvalue weighted by molar-refractivity contribution is 8.00. The highest BCUT2D eigenvalue weighted by Crippen LogP contribution is 2.37. The van der Waals surface area contributed by atoms with Crippen molar-refractivity contribution >= 4 is 35.1 Å². The van der Waals surface area contributed by atoms with Crippen LogP contribution in [-0.2, 0) is 11.0 Å². The number of nitrogens with zero attached hydrogens (tertiary/aromatic N) is 2. The van der Waals surface area contributed by atoms with E-state index in [4.69, 9.17) is 11.6 Å². The van der Waals surface area contributed by atoms with Crippen LogP contribution in [0.4, 0.5) is 19.0 Å². The van der Waals surface area contributed by atoms with E-state index >= 15 is 0 Å². The van der Waals surface area contributed by atoms with Crippen LogP contribution in [0.5, 0.6) is 0 Å². The number of aromatic nitrogens is 2.